The number of nitrogens with one attached hydrogen (secondary N) is 1. The quantitative estimate of drug-likeness (QED) is 0.0298. The molecular formula is C40H75N2O6P. The summed E-state index contributed by atoms with van der Waals surface area (Å²) in [6.07, 6.45) is 38.7. The van der Waals surface area contributed by atoms with Gasteiger partial charge in [0.2, 0.25) is 5.91 Å². The van der Waals surface area contributed by atoms with E-state index in [0.717, 1.165) is 64.2 Å². The zero-order valence-corrected chi connectivity index (χ0v) is 33.0. The first-order valence-corrected chi connectivity index (χ1v) is 21.0. The SMILES string of the molecule is CCCCC/C=C\C/C=C\C/C=C\CCCCCCCCC(=O)NC(COP(=O)([O-])OCC[N+](C)(C)C)C(O)/C=C/CCCCCCCC. The van der Waals surface area contributed by atoms with Crippen LogP contribution in [0.3, 0.4) is 0 Å². The Bertz CT molecular complexity index is 944. The van der Waals surface area contributed by atoms with Crippen LogP contribution in [-0.4, -0.2) is 68.5 Å². The highest BCUT2D eigenvalue weighted by Gasteiger charge is 2.23. The van der Waals surface area contributed by atoms with Crippen LogP contribution in [0, 0.1) is 0 Å². The number of aliphatic hydroxyl groups excluding tert-OH is 1. The van der Waals surface area contributed by atoms with Crippen molar-refractivity contribution in [3.63, 3.8) is 0 Å². The third-order valence-corrected chi connectivity index (χ3v) is 9.25. The minimum absolute atomic E-state index is 0.00606. The van der Waals surface area contributed by atoms with Crippen molar-refractivity contribution in [3.8, 4) is 0 Å². The van der Waals surface area contributed by atoms with Gasteiger partial charge in [0.1, 0.15) is 13.2 Å². The molecule has 0 aromatic rings. The Morgan fingerprint density at radius 3 is 1.76 bits per heavy atom. The second-order valence-electron chi connectivity index (χ2n) is 14.3. The van der Waals surface area contributed by atoms with Gasteiger partial charge in [-0.3, -0.25) is 9.36 Å². The molecule has 0 rings (SSSR count). The molecule has 49 heavy (non-hydrogen) atoms. The second-order valence-corrected chi connectivity index (χ2v) is 15.7. The molecule has 9 heteroatoms. The minimum atomic E-state index is -4.58. The largest absolute Gasteiger partial charge is 0.756 e. The van der Waals surface area contributed by atoms with Gasteiger partial charge in [0.15, 0.2) is 0 Å². The molecule has 0 radical (unpaired) electrons. The number of aliphatic hydroxyl groups is 1. The summed E-state index contributed by atoms with van der Waals surface area (Å²) < 4.78 is 23.0. The van der Waals surface area contributed by atoms with Crippen molar-refractivity contribution in [2.24, 2.45) is 0 Å². The number of hydrogen-bond acceptors (Lipinski definition) is 6. The molecular weight excluding hydrogens is 635 g/mol. The lowest BCUT2D eigenvalue weighted by Crippen LogP contribution is -2.45. The number of unbranched alkanes of at least 4 members (excludes halogenated alkanes) is 15. The zero-order chi connectivity index (χ0) is 36.5. The van der Waals surface area contributed by atoms with Gasteiger partial charge < -0.3 is 28.8 Å². The Hall–Kier alpha value is -1.54. The lowest BCUT2D eigenvalue weighted by molar-refractivity contribution is -0.870. The third kappa shape index (κ3) is 34.7. The maximum atomic E-state index is 12.8. The van der Waals surface area contributed by atoms with Crippen LogP contribution in [0.1, 0.15) is 149 Å². The molecule has 0 aromatic heterocycles. The summed E-state index contributed by atoms with van der Waals surface area (Å²) in [5.41, 5.74) is 0. The molecule has 0 fully saturated rings. The summed E-state index contributed by atoms with van der Waals surface area (Å²) >= 11 is 0. The van der Waals surface area contributed by atoms with E-state index in [9.17, 15) is 19.4 Å². The fourth-order valence-electron chi connectivity index (χ4n) is 5.10. The van der Waals surface area contributed by atoms with E-state index in [2.05, 4.69) is 55.6 Å². The first-order chi connectivity index (χ1) is 23.5. The van der Waals surface area contributed by atoms with Crippen molar-refractivity contribution in [1.82, 2.24) is 5.32 Å². The van der Waals surface area contributed by atoms with Crippen LogP contribution in [0.5, 0.6) is 0 Å². The van der Waals surface area contributed by atoms with Crippen molar-refractivity contribution in [3.05, 3.63) is 48.6 Å². The van der Waals surface area contributed by atoms with Crippen LogP contribution >= 0.6 is 7.82 Å². The van der Waals surface area contributed by atoms with E-state index in [1.54, 1.807) is 6.08 Å². The third-order valence-electron chi connectivity index (χ3n) is 8.28. The average Bonchev–Trinajstić information content (AvgIpc) is 3.04. The molecule has 0 aliphatic carbocycles. The van der Waals surface area contributed by atoms with Crippen molar-refractivity contribution in [1.29, 1.82) is 0 Å². The Kier molecular flexibility index (Phi) is 31.4. The van der Waals surface area contributed by atoms with Crippen molar-refractivity contribution < 1.29 is 32.9 Å². The number of carbonyl (C=O) groups is 1. The lowest BCUT2D eigenvalue weighted by atomic mass is 10.1. The summed E-state index contributed by atoms with van der Waals surface area (Å²) in [6.45, 7) is 4.53. The number of allylic oxidation sites excluding steroid dienone is 7. The molecule has 0 aliphatic rings. The Morgan fingerprint density at radius 1 is 0.714 bits per heavy atom. The van der Waals surface area contributed by atoms with Crippen molar-refractivity contribution in [2.75, 3.05) is 40.9 Å². The Balaban J connectivity index is 4.41. The van der Waals surface area contributed by atoms with Gasteiger partial charge in [-0.15, -0.1) is 0 Å². The molecule has 0 aromatic carbocycles. The molecule has 286 valence electrons. The number of phosphoric acid groups is 1. The number of quaternary nitrogens is 1. The standard InChI is InChI=1S/C40H75N2O6P/c1-6-8-10-12-14-16-17-18-19-20-21-22-23-24-25-26-28-30-32-34-40(44)41-38(37-48-49(45,46)47-36-35-42(3,4)5)39(43)33-31-29-27-15-13-11-9-7-2/h14,16,18-19,21-22,31,33,38-39,43H,6-13,15,17,20,23-30,32,34-37H2,1-5H3,(H-,41,44,45,46)/b16-14-,19-18-,22-21-,33-31+. The minimum Gasteiger partial charge on any atom is -0.756 e. The Labute approximate surface area is 301 Å². The maximum Gasteiger partial charge on any atom is 0.268 e. The van der Waals surface area contributed by atoms with E-state index >= 15 is 0 Å². The number of hydrogen-bond donors (Lipinski definition) is 2. The number of nitrogens with zero attached hydrogens (tertiary/aromatic N) is 1. The van der Waals surface area contributed by atoms with Gasteiger partial charge in [-0.2, -0.15) is 0 Å². The van der Waals surface area contributed by atoms with Gasteiger partial charge >= 0.3 is 0 Å². The zero-order valence-electron chi connectivity index (χ0n) is 32.1. The van der Waals surface area contributed by atoms with Gasteiger partial charge in [-0.1, -0.05) is 133 Å². The van der Waals surface area contributed by atoms with Gasteiger partial charge in [0.05, 0.1) is 39.9 Å². The summed E-state index contributed by atoms with van der Waals surface area (Å²) in [4.78, 5) is 25.1. The highest BCUT2D eigenvalue weighted by Crippen LogP contribution is 2.38. The predicted octanol–water partition coefficient (Wildman–Crippen LogP) is 9.50. The lowest BCUT2D eigenvalue weighted by Gasteiger charge is -2.29. The fourth-order valence-corrected chi connectivity index (χ4v) is 5.82. The molecule has 3 atom stereocenters. The highest BCUT2D eigenvalue weighted by molar-refractivity contribution is 7.45. The summed E-state index contributed by atoms with van der Waals surface area (Å²) in [5.74, 6) is -0.217. The molecule has 2 N–H and O–H groups in total. The molecule has 0 saturated carbocycles. The maximum absolute atomic E-state index is 12.8. The molecule has 0 aliphatic heterocycles. The second kappa shape index (κ2) is 32.4. The predicted molar refractivity (Wildman–Crippen MR) is 205 cm³/mol. The van der Waals surface area contributed by atoms with Crippen LogP contribution in [-0.2, 0) is 18.4 Å². The number of carbonyl (C=O) groups excluding carboxylic acids is 1. The fraction of sp³-hybridized carbons (Fsp3) is 0.775. The first-order valence-electron chi connectivity index (χ1n) is 19.5. The van der Waals surface area contributed by atoms with Gasteiger partial charge in [0, 0.05) is 6.42 Å². The van der Waals surface area contributed by atoms with E-state index in [-0.39, 0.29) is 19.1 Å². The van der Waals surface area contributed by atoms with Crippen molar-refractivity contribution >= 4 is 13.7 Å². The van der Waals surface area contributed by atoms with Crippen LogP contribution < -0.4 is 10.2 Å². The van der Waals surface area contributed by atoms with E-state index in [1.165, 1.54) is 64.2 Å². The van der Waals surface area contributed by atoms with Crippen LogP contribution in [0.2, 0.25) is 0 Å². The first kappa shape index (κ1) is 47.5. The van der Waals surface area contributed by atoms with E-state index in [1.807, 2.05) is 27.2 Å². The normalized spacial score (nSPS) is 15.2. The number of rotatable bonds is 34. The molecule has 1 amide bonds. The molecule has 0 bridgehead atoms. The van der Waals surface area contributed by atoms with E-state index in [4.69, 9.17) is 9.05 Å². The van der Waals surface area contributed by atoms with E-state index < -0.39 is 20.0 Å². The summed E-state index contributed by atoms with van der Waals surface area (Å²) in [5, 5.41) is 13.6. The number of phosphoric ester groups is 1. The molecule has 3 unspecified atom stereocenters. The summed E-state index contributed by atoms with van der Waals surface area (Å²) in [6, 6.07) is -0.890. The molecule has 0 saturated heterocycles. The van der Waals surface area contributed by atoms with Crippen LogP contribution in [0.25, 0.3) is 0 Å². The van der Waals surface area contributed by atoms with Gasteiger partial charge in [0.25, 0.3) is 7.82 Å². The average molecular weight is 711 g/mol. The molecule has 8 nitrogen and oxygen atoms in total. The Morgan fingerprint density at radius 2 is 1.18 bits per heavy atom. The smallest absolute Gasteiger partial charge is 0.268 e. The highest BCUT2D eigenvalue weighted by atomic mass is 31.2. The van der Waals surface area contributed by atoms with Crippen LogP contribution in [0.4, 0.5) is 0 Å². The number of amides is 1. The van der Waals surface area contributed by atoms with Gasteiger partial charge in [-0.25, -0.2) is 0 Å². The number of likely N-dealkylation sites (N-methyl/N-ethyl adjacent to an activating group) is 1. The van der Waals surface area contributed by atoms with Crippen molar-refractivity contribution in [2.45, 2.75) is 161 Å². The topological polar surface area (TPSA) is 108 Å². The van der Waals surface area contributed by atoms with Crippen LogP contribution in [0.15, 0.2) is 48.6 Å². The molecule has 0 spiro atoms. The monoisotopic (exact) mass is 711 g/mol. The summed E-state index contributed by atoms with van der Waals surface area (Å²) in [7, 11) is 1.24. The van der Waals surface area contributed by atoms with E-state index in [0.29, 0.717) is 17.4 Å². The van der Waals surface area contributed by atoms with Gasteiger partial charge in [-0.05, 0) is 57.8 Å². The molecule has 0 heterocycles.